The van der Waals surface area contributed by atoms with E-state index in [4.69, 9.17) is 11.6 Å². The quantitative estimate of drug-likeness (QED) is 0.609. The van der Waals surface area contributed by atoms with Gasteiger partial charge in [-0.15, -0.1) is 0 Å². The highest BCUT2D eigenvalue weighted by molar-refractivity contribution is 6.31. The molecule has 1 heterocycles. The average molecular weight is 256 g/mol. The topological polar surface area (TPSA) is 15.8 Å². The molecule has 0 aliphatic rings. The van der Waals surface area contributed by atoms with Crippen LogP contribution in [0, 0.1) is 6.92 Å². The van der Waals surface area contributed by atoms with Gasteiger partial charge in [-0.2, -0.15) is 0 Å². The molecule has 1 nitrogen and oxygen atoms in total. The molecule has 17 heavy (non-hydrogen) atoms. The summed E-state index contributed by atoms with van der Waals surface area (Å²) in [4.78, 5) is 3.46. The molecule has 0 aliphatic heterocycles. The first-order valence-electron chi connectivity index (χ1n) is 6.89. The molecular formula is C15H26ClN. The maximum Gasteiger partial charge on any atom is 0.0621 e. The van der Waals surface area contributed by atoms with Crippen LogP contribution >= 0.6 is 11.6 Å². The highest BCUT2D eigenvalue weighted by atomic mass is 35.5. The largest absolute Gasteiger partial charge is 0.361 e. The van der Waals surface area contributed by atoms with Crippen LogP contribution in [0.3, 0.4) is 0 Å². The number of H-pyrrole nitrogens is 1. The van der Waals surface area contributed by atoms with Crippen molar-refractivity contribution in [2.24, 2.45) is 0 Å². The van der Waals surface area contributed by atoms with E-state index in [-0.39, 0.29) is 5.41 Å². The van der Waals surface area contributed by atoms with Crippen LogP contribution in [0.5, 0.6) is 0 Å². The molecule has 1 unspecified atom stereocenters. The van der Waals surface area contributed by atoms with Crippen LogP contribution in [0.1, 0.15) is 70.7 Å². The Labute approximate surface area is 111 Å². The third-order valence-electron chi connectivity index (χ3n) is 3.64. The molecular weight excluding hydrogens is 230 g/mol. The van der Waals surface area contributed by atoms with Gasteiger partial charge in [0.1, 0.15) is 0 Å². The maximum absolute atomic E-state index is 6.35. The van der Waals surface area contributed by atoms with Gasteiger partial charge in [-0.3, -0.25) is 0 Å². The Morgan fingerprint density at radius 2 is 1.88 bits per heavy atom. The van der Waals surface area contributed by atoms with E-state index in [0.717, 1.165) is 5.02 Å². The summed E-state index contributed by atoms with van der Waals surface area (Å²) in [6.45, 7) is 8.93. The number of aromatic nitrogens is 1. The minimum absolute atomic E-state index is 0.218. The van der Waals surface area contributed by atoms with Gasteiger partial charge >= 0.3 is 0 Å². The number of halogens is 1. The fourth-order valence-electron chi connectivity index (χ4n) is 2.69. The number of hydrogen-bond acceptors (Lipinski definition) is 0. The molecule has 1 atom stereocenters. The van der Waals surface area contributed by atoms with Crippen molar-refractivity contribution in [1.29, 1.82) is 0 Å². The van der Waals surface area contributed by atoms with Gasteiger partial charge in [-0.1, -0.05) is 58.1 Å². The number of rotatable bonds is 7. The van der Waals surface area contributed by atoms with Crippen molar-refractivity contribution in [1.82, 2.24) is 4.98 Å². The van der Waals surface area contributed by atoms with E-state index in [0.29, 0.717) is 0 Å². The summed E-state index contributed by atoms with van der Waals surface area (Å²) in [5.41, 5.74) is 2.63. The molecule has 0 radical (unpaired) electrons. The zero-order valence-electron chi connectivity index (χ0n) is 11.7. The summed E-state index contributed by atoms with van der Waals surface area (Å²) in [6, 6.07) is 2.05. The Morgan fingerprint density at radius 3 is 2.35 bits per heavy atom. The number of aromatic amines is 1. The van der Waals surface area contributed by atoms with E-state index in [9.17, 15) is 0 Å². The predicted octanol–water partition coefficient (Wildman–Crippen LogP) is 5.61. The standard InChI is InChI=1S/C15H26ClN/c1-5-7-8-10-15(4,9-6-2)14-13(16)11-12(3)17-14/h11,17H,5-10H2,1-4H3. The molecule has 0 bridgehead atoms. The molecule has 0 aromatic carbocycles. The summed E-state index contributed by atoms with van der Waals surface area (Å²) in [7, 11) is 0. The average Bonchev–Trinajstić information content (AvgIpc) is 2.59. The van der Waals surface area contributed by atoms with Crippen molar-refractivity contribution in [2.75, 3.05) is 0 Å². The minimum atomic E-state index is 0.218. The lowest BCUT2D eigenvalue weighted by Crippen LogP contribution is -2.22. The summed E-state index contributed by atoms with van der Waals surface area (Å²) < 4.78 is 0. The summed E-state index contributed by atoms with van der Waals surface area (Å²) in [5, 5.41) is 0.912. The zero-order chi connectivity index (χ0) is 12.9. The summed E-state index contributed by atoms with van der Waals surface area (Å²) in [5.74, 6) is 0. The smallest absolute Gasteiger partial charge is 0.0621 e. The van der Waals surface area contributed by atoms with E-state index in [1.165, 1.54) is 49.9 Å². The third-order valence-corrected chi connectivity index (χ3v) is 3.94. The Bertz CT molecular complexity index is 343. The summed E-state index contributed by atoms with van der Waals surface area (Å²) in [6.07, 6.45) is 7.53. The molecule has 0 saturated heterocycles. The maximum atomic E-state index is 6.35. The Kier molecular flexibility index (Phi) is 5.58. The lowest BCUT2D eigenvalue weighted by Gasteiger charge is -2.29. The van der Waals surface area contributed by atoms with Crippen LogP contribution in [-0.2, 0) is 5.41 Å². The van der Waals surface area contributed by atoms with Crippen LogP contribution in [0.2, 0.25) is 5.02 Å². The second-order valence-electron chi connectivity index (χ2n) is 5.44. The van der Waals surface area contributed by atoms with Crippen molar-refractivity contribution in [3.8, 4) is 0 Å². The molecule has 1 aromatic rings. The van der Waals surface area contributed by atoms with Gasteiger partial charge in [-0.25, -0.2) is 0 Å². The first kappa shape index (κ1) is 14.6. The highest BCUT2D eigenvalue weighted by Gasteiger charge is 2.28. The second kappa shape index (κ2) is 6.49. The van der Waals surface area contributed by atoms with Gasteiger partial charge in [0.2, 0.25) is 0 Å². The molecule has 0 fully saturated rings. The van der Waals surface area contributed by atoms with Crippen LogP contribution in [0.4, 0.5) is 0 Å². The highest BCUT2D eigenvalue weighted by Crippen LogP contribution is 2.38. The Morgan fingerprint density at radius 1 is 1.18 bits per heavy atom. The zero-order valence-corrected chi connectivity index (χ0v) is 12.5. The van der Waals surface area contributed by atoms with E-state index in [1.807, 2.05) is 6.07 Å². The first-order valence-corrected chi connectivity index (χ1v) is 7.27. The molecule has 1 N–H and O–H groups in total. The van der Waals surface area contributed by atoms with E-state index in [1.54, 1.807) is 0 Å². The monoisotopic (exact) mass is 255 g/mol. The van der Waals surface area contributed by atoms with Gasteiger partial charge in [0, 0.05) is 16.8 Å². The van der Waals surface area contributed by atoms with Gasteiger partial charge in [0.25, 0.3) is 0 Å². The fourth-order valence-corrected chi connectivity index (χ4v) is 3.13. The van der Waals surface area contributed by atoms with Crippen molar-refractivity contribution in [2.45, 2.75) is 71.6 Å². The fraction of sp³-hybridized carbons (Fsp3) is 0.733. The minimum Gasteiger partial charge on any atom is -0.361 e. The van der Waals surface area contributed by atoms with Crippen LogP contribution < -0.4 is 0 Å². The van der Waals surface area contributed by atoms with E-state index in [2.05, 4.69) is 32.7 Å². The van der Waals surface area contributed by atoms with Gasteiger partial charge in [0.05, 0.1) is 5.02 Å². The van der Waals surface area contributed by atoms with Gasteiger partial charge < -0.3 is 4.98 Å². The summed E-state index contributed by atoms with van der Waals surface area (Å²) >= 11 is 6.35. The van der Waals surface area contributed by atoms with Crippen molar-refractivity contribution in [3.63, 3.8) is 0 Å². The number of hydrogen-bond donors (Lipinski definition) is 1. The first-order chi connectivity index (χ1) is 8.03. The Hall–Kier alpha value is -0.430. The number of unbranched alkanes of at least 4 members (excludes halogenated alkanes) is 2. The van der Waals surface area contributed by atoms with Gasteiger partial charge in [-0.05, 0) is 25.8 Å². The SMILES string of the molecule is CCCCCC(C)(CCC)c1[nH]c(C)cc1Cl. The van der Waals surface area contributed by atoms with Crippen LogP contribution in [0.25, 0.3) is 0 Å². The molecule has 0 saturated carbocycles. The van der Waals surface area contributed by atoms with Crippen molar-refractivity contribution >= 4 is 11.6 Å². The molecule has 98 valence electrons. The van der Waals surface area contributed by atoms with Crippen molar-refractivity contribution < 1.29 is 0 Å². The molecule has 0 amide bonds. The van der Waals surface area contributed by atoms with Crippen molar-refractivity contribution in [3.05, 3.63) is 22.5 Å². The molecule has 2 heteroatoms. The van der Waals surface area contributed by atoms with E-state index >= 15 is 0 Å². The van der Waals surface area contributed by atoms with Gasteiger partial charge in [0.15, 0.2) is 0 Å². The lowest BCUT2D eigenvalue weighted by molar-refractivity contribution is 0.370. The molecule has 1 rings (SSSR count). The van der Waals surface area contributed by atoms with Crippen LogP contribution in [0.15, 0.2) is 6.07 Å². The third kappa shape index (κ3) is 3.77. The number of nitrogens with one attached hydrogen (secondary N) is 1. The number of aryl methyl sites for hydroxylation is 1. The van der Waals surface area contributed by atoms with Crippen LogP contribution in [-0.4, -0.2) is 4.98 Å². The predicted molar refractivity (Wildman–Crippen MR) is 76.9 cm³/mol. The van der Waals surface area contributed by atoms with E-state index < -0.39 is 0 Å². The molecule has 1 aromatic heterocycles. The Balaban J connectivity index is 2.86. The second-order valence-corrected chi connectivity index (χ2v) is 5.85. The lowest BCUT2D eigenvalue weighted by atomic mass is 9.78. The normalized spacial score (nSPS) is 14.9. The molecule has 0 spiro atoms. The molecule has 0 aliphatic carbocycles.